The molecule has 0 aliphatic carbocycles. The predicted molar refractivity (Wildman–Crippen MR) is 499 cm³/mol. The number of aromatic nitrogens is 4. The summed E-state index contributed by atoms with van der Waals surface area (Å²) in [5.74, 6) is -18.8. The standard InChI is InChI=1S/C92H128N22O21S/c1-8-11-22-71-85(128)105-64(35-51(4)5)82(125)109-70(80(123)99-45-76(95)118)48-136-49-78(120)102-67(36-52-25-27-56(115)28-26-52)89(132)112(33-10-3)47-77(119)101-69(41-75(94)117)91(134)113-34-17-24-72(113)86(129)107-66(39-55-44-96-50-100-55)84(127)104-63(29-30-79(121)122)90(133)114-46-57(116)40-74(114)87(130)106-65(37-53-42-97-60-20-15-13-18-58(53)60)83(126)103-62(31-32-93)81(124)108-68(38-54-43-98-61-21-16-14-19-59(54)61)88(131)111(7)73(23-12-9-2)92(135)110(71)6/h13-16,18-21,25-28,42-44,50-51,57,62-74,97-98,115-116H,8-12,17,22-24,29-41,45-49,93H2,1-7H3,(H2,94,117)(H2,95,118)(H,96,100)(H,99,123)(H,101,119)(H,102,120)(H,103,126)(H,104,127)(H,105,128)(H,106,130)(H,107,129)(H,108,124)(H,109,125)(H,121,122)/t57-,62+,63+,64+,65+,66+,67+,68+,69+,70+,71+,72+,73+,74+/m1/s1. The average Bonchev–Trinajstić information content (AvgIpc) is 1.63. The number of para-hydroxylation sites is 2. The van der Waals surface area contributed by atoms with Crippen molar-refractivity contribution in [3.63, 3.8) is 0 Å². The second-order valence-electron chi connectivity index (χ2n) is 35.0. The van der Waals surface area contributed by atoms with E-state index in [1.54, 1.807) is 81.7 Å². The first kappa shape index (κ1) is 106. The van der Waals surface area contributed by atoms with Crippen LogP contribution in [-0.4, -0.2) is 316 Å². The molecular formula is C92H128N22O21S. The number of nitrogens with one attached hydrogen (secondary N) is 13. The van der Waals surface area contributed by atoms with Gasteiger partial charge in [0.15, 0.2) is 0 Å². The van der Waals surface area contributed by atoms with E-state index >= 15 is 43.2 Å². The van der Waals surface area contributed by atoms with Gasteiger partial charge in [-0.2, -0.15) is 0 Å². The molecule has 136 heavy (non-hydrogen) atoms. The lowest BCUT2D eigenvalue weighted by molar-refractivity contribution is -0.149. The molecule has 14 atom stereocenters. The molecular weight excluding hydrogens is 1780 g/mol. The van der Waals surface area contributed by atoms with Crippen LogP contribution in [-0.2, 0) is 112 Å². The molecule has 0 saturated carbocycles. The number of likely N-dealkylation sites (N-methyl/N-ethyl adjacent to an activating group) is 2. The van der Waals surface area contributed by atoms with Crippen molar-refractivity contribution in [2.24, 2.45) is 23.1 Å². The number of amides is 17. The molecule has 3 aromatic heterocycles. The van der Waals surface area contributed by atoms with Crippen molar-refractivity contribution in [1.29, 1.82) is 0 Å². The van der Waals surface area contributed by atoms with Crippen molar-refractivity contribution >= 4 is 140 Å². The number of aromatic amines is 3. The number of phenols is 1. The van der Waals surface area contributed by atoms with Gasteiger partial charge in [0.2, 0.25) is 100 Å². The number of aliphatic hydroxyl groups is 1. The summed E-state index contributed by atoms with van der Waals surface area (Å²) >= 11 is 0.797. The number of carboxylic acid groups (broad SMARTS) is 1. The number of aliphatic hydroxyl groups excluding tert-OH is 1. The number of rotatable bonds is 28. The van der Waals surface area contributed by atoms with E-state index in [1.807, 2.05) is 13.8 Å². The fraction of sp³-hybridized carbons (Fsp3) is 0.533. The highest BCUT2D eigenvalue weighted by molar-refractivity contribution is 8.00. The SMILES string of the molecule is CCCC[C@H]1C(=O)N(C)[C@@H](CCCC)C(=O)N[C@@H](CC(C)C)C(=O)N[C@H](C(=O)NCC(N)=O)CSCC(=O)N[C@@H](Cc2ccc(O)cc2)C(=O)N(CCC)CC(=O)N[C@@H](CC(N)=O)C(=O)N2CCC[C@H]2C(=O)N[C@@H](Cc2cnc[nH]2)C(=O)N[C@@H](CCC(=O)O)C(=O)N2C[C@H](O)C[C@H]2C(=O)N[C@@H](Cc2c[nH]c3ccccc23)C(=O)N[C@@H](CCN)C(=O)N[C@@H](Cc2c[nH]c3ccccc23)C(=O)N1C. The second-order valence-corrected chi connectivity index (χ2v) is 36.0. The molecule has 17 amide bonds. The fourth-order valence-electron chi connectivity index (χ4n) is 17.0. The maximum absolute atomic E-state index is 15.8. The molecule has 0 unspecified atom stereocenters. The van der Waals surface area contributed by atoms with E-state index in [9.17, 15) is 58.5 Å². The predicted octanol–water partition coefficient (Wildman–Crippen LogP) is -1.58. The number of hydrogen-bond donors (Lipinski definition) is 19. The molecule has 3 aliphatic heterocycles. The zero-order chi connectivity index (χ0) is 99.1. The van der Waals surface area contributed by atoms with E-state index in [-0.39, 0.29) is 101 Å². The molecule has 738 valence electrons. The highest BCUT2D eigenvalue weighted by Gasteiger charge is 2.47. The van der Waals surface area contributed by atoms with Crippen molar-refractivity contribution in [2.75, 3.05) is 64.9 Å². The zero-order valence-electron chi connectivity index (χ0n) is 77.5. The van der Waals surface area contributed by atoms with Gasteiger partial charge in [-0.1, -0.05) is 109 Å². The van der Waals surface area contributed by atoms with E-state index in [0.29, 0.717) is 64.2 Å². The number of nitrogens with two attached hydrogens (primary N) is 3. The first-order valence-electron chi connectivity index (χ1n) is 45.9. The van der Waals surface area contributed by atoms with Crippen molar-refractivity contribution in [2.45, 2.75) is 241 Å². The van der Waals surface area contributed by atoms with Crippen LogP contribution in [0.3, 0.4) is 0 Å². The first-order chi connectivity index (χ1) is 64.9. The van der Waals surface area contributed by atoms with Gasteiger partial charge in [-0.05, 0) is 105 Å². The number of imidazole rings is 1. The summed E-state index contributed by atoms with van der Waals surface area (Å²) in [6, 6.07) is -0.592. The lowest BCUT2D eigenvalue weighted by Crippen LogP contribution is -2.61. The normalized spacial score (nSPS) is 24.1. The molecule has 0 spiro atoms. The van der Waals surface area contributed by atoms with Crippen LogP contribution in [0.25, 0.3) is 21.8 Å². The zero-order valence-corrected chi connectivity index (χ0v) is 78.3. The number of nitrogens with zero attached hydrogens (tertiary/aromatic N) is 6. The summed E-state index contributed by atoms with van der Waals surface area (Å²) in [5, 5.41) is 59.7. The van der Waals surface area contributed by atoms with Crippen molar-refractivity contribution in [1.82, 2.24) is 97.6 Å². The number of carbonyl (C=O) groups is 18. The Morgan fingerprint density at radius 2 is 1.10 bits per heavy atom. The third-order valence-electron chi connectivity index (χ3n) is 24.1. The van der Waals surface area contributed by atoms with Gasteiger partial charge in [0.25, 0.3) is 0 Å². The van der Waals surface area contributed by atoms with Crippen molar-refractivity contribution in [3.8, 4) is 5.75 Å². The summed E-state index contributed by atoms with van der Waals surface area (Å²) < 4.78 is 0. The number of benzene rings is 3. The number of carboxylic acids is 1. The van der Waals surface area contributed by atoms with Gasteiger partial charge < -0.3 is 125 Å². The molecule has 6 aromatic rings. The lowest BCUT2D eigenvalue weighted by atomic mass is 9.99. The maximum atomic E-state index is 15.8. The summed E-state index contributed by atoms with van der Waals surface area (Å²) in [5.41, 5.74) is 20.4. The smallest absolute Gasteiger partial charge is 0.303 e. The number of phenolic OH excluding ortho intramolecular Hbond substituents is 1. The molecule has 3 fully saturated rings. The third-order valence-corrected chi connectivity index (χ3v) is 25.1. The summed E-state index contributed by atoms with van der Waals surface area (Å²) in [7, 11) is 2.76. The Labute approximate surface area is 790 Å². The Morgan fingerprint density at radius 1 is 0.551 bits per heavy atom. The molecule has 44 heteroatoms. The Bertz CT molecular complexity index is 5220. The van der Waals surface area contributed by atoms with Crippen LogP contribution in [0.15, 0.2) is 97.7 Å². The minimum absolute atomic E-state index is 0.0230. The van der Waals surface area contributed by atoms with Crippen LogP contribution >= 0.6 is 11.8 Å². The van der Waals surface area contributed by atoms with Crippen LogP contribution in [0.2, 0.25) is 0 Å². The number of aromatic hydroxyl groups is 1. The van der Waals surface area contributed by atoms with E-state index in [2.05, 4.69) is 73.1 Å². The highest BCUT2D eigenvalue weighted by atomic mass is 32.2. The largest absolute Gasteiger partial charge is 0.508 e. The topological polar surface area (TPSA) is 643 Å². The Kier molecular flexibility index (Phi) is 40.0. The van der Waals surface area contributed by atoms with E-state index < -0.39 is 254 Å². The van der Waals surface area contributed by atoms with Gasteiger partial charge in [-0.25, -0.2) is 4.98 Å². The maximum Gasteiger partial charge on any atom is 0.303 e. The van der Waals surface area contributed by atoms with E-state index in [0.717, 1.165) is 26.5 Å². The number of H-pyrrole nitrogens is 3. The van der Waals surface area contributed by atoms with Gasteiger partial charge in [0.05, 0.1) is 37.7 Å². The van der Waals surface area contributed by atoms with Gasteiger partial charge in [0, 0.05) is 124 Å². The van der Waals surface area contributed by atoms with Crippen molar-refractivity contribution < 1.29 is 102 Å². The number of hydrogen-bond acceptors (Lipinski definition) is 23. The average molecular weight is 1910 g/mol. The van der Waals surface area contributed by atoms with Crippen LogP contribution in [0, 0.1) is 5.92 Å². The van der Waals surface area contributed by atoms with Crippen molar-refractivity contribution in [3.05, 3.63) is 120 Å². The van der Waals surface area contributed by atoms with Crippen LogP contribution in [0.5, 0.6) is 5.75 Å². The number of carbonyl (C=O) groups excluding carboxylic acids is 17. The Balaban J connectivity index is 1.11. The number of thioether (sulfide) groups is 1. The second kappa shape index (κ2) is 51.3. The highest BCUT2D eigenvalue weighted by Crippen LogP contribution is 2.28. The number of fused-ring (bicyclic) bond motifs is 4. The summed E-state index contributed by atoms with van der Waals surface area (Å²) in [6.45, 7) is 6.27. The van der Waals surface area contributed by atoms with Crippen LogP contribution < -0.4 is 70.4 Å². The summed E-state index contributed by atoms with van der Waals surface area (Å²) in [4.78, 5) is 282. The molecule has 3 aliphatic rings. The molecule has 43 nitrogen and oxygen atoms in total. The van der Waals surface area contributed by atoms with E-state index in [4.69, 9.17) is 17.2 Å². The third kappa shape index (κ3) is 30.0. The van der Waals surface area contributed by atoms with Gasteiger partial charge >= 0.3 is 5.97 Å². The number of aliphatic carboxylic acids is 1. The fourth-order valence-corrected chi connectivity index (χ4v) is 17.9. The minimum atomic E-state index is -1.83. The molecule has 3 saturated heterocycles. The lowest BCUT2D eigenvalue weighted by Gasteiger charge is -2.36. The quantitative estimate of drug-likeness (QED) is 0.0264. The molecule has 9 rings (SSSR count). The molecule has 6 heterocycles. The number of unbranched alkanes of at least 4 members (excludes halogenated alkanes) is 2. The Morgan fingerprint density at radius 3 is 1.70 bits per heavy atom. The molecule has 22 N–H and O–H groups in total. The minimum Gasteiger partial charge on any atom is -0.508 e. The van der Waals surface area contributed by atoms with Crippen LogP contribution in [0.4, 0.5) is 0 Å². The Hall–Kier alpha value is -13.5. The molecule has 3 aromatic carbocycles. The van der Waals surface area contributed by atoms with Gasteiger partial charge in [-0.15, -0.1) is 11.8 Å². The molecule has 0 radical (unpaired) electrons. The van der Waals surface area contributed by atoms with Gasteiger partial charge in [-0.3, -0.25) is 86.3 Å². The van der Waals surface area contributed by atoms with Crippen LogP contribution in [0.1, 0.15) is 153 Å². The van der Waals surface area contributed by atoms with Gasteiger partial charge in [0.1, 0.15) is 84.3 Å². The van der Waals surface area contributed by atoms with E-state index in [1.165, 1.54) is 60.7 Å². The molecule has 0 bridgehead atoms. The number of primary amides is 2. The monoisotopic (exact) mass is 1910 g/mol. The first-order valence-corrected chi connectivity index (χ1v) is 47.1. The summed E-state index contributed by atoms with van der Waals surface area (Å²) in [6.07, 6.45) is 2.22.